The maximum absolute atomic E-state index is 13.7. The van der Waals surface area contributed by atoms with E-state index in [0.29, 0.717) is 45.7 Å². The van der Waals surface area contributed by atoms with E-state index < -0.39 is 5.41 Å². The summed E-state index contributed by atoms with van der Waals surface area (Å²) in [7, 11) is 0. The Bertz CT molecular complexity index is 1590. The number of aromatic nitrogens is 2. The summed E-state index contributed by atoms with van der Waals surface area (Å²) in [5.74, 6) is 0.550. The molecular weight excluding hydrogens is 416 g/mol. The minimum Gasteiger partial charge on any atom is -0.444 e. The summed E-state index contributed by atoms with van der Waals surface area (Å²) in [5.41, 5.74) is 6.49. The molecule has 3 heterocycles. The number of hydrogen-bond acceptors (Lipinski definition) is 6. The van der Waals surface area contributed by atoms with Gasteiger partial charge in [-0.2, -0.15) is 5.26 Å². The van der Waals surface area contributed by atoms with Crippen LogP contribution in [-0.4, -0.2) is 15.3 Å². The van der Waals surface area contributed by atoms with E-state index in [-0.39, 0.29) is 34.6 Å². The van der Waals surface area contributed by atoms with Crippen molar-refractivity contribution in [3.63, 3.8) is 0 Å². The van der Waals surface area contributed by atoms with Crippen molar-refractivity contribution in [1.29, 1.82) is 5.26 Å². The Labute approximate surface area is 189 Å². The normalized spacial score (nSPS) is 22.6. The Kier molecular flexibility index (Phi) is 3.66. The SMILES string of the molecule is CC1(C)CC(=O)C2=C(C1)OC(N)=C(C#N)C21c2ccccc2-n2c1nc1ccccc1c2=O. The molecule has 0 fully saturated rings. The summed E-state index contributed by atoms with van der Waals surface area (Å²) in [6.45, 7) is 3.99. The largest absolute Gasteiger partial charge is 0.444 e. The summed E-state index contributed by atoms with van der Waals surface area (Å²) in [6, 6.07) is 16.6. The van der Waals surface area contributed by atoms with E-state index in [4.69, 9.17) is 15.5 Å². The molecule has 1 unspecified atom stereocenters. The summed E-state index contributed by atoms with van der Waals surface area (Å²) < 4.78 is 7.43. The van der Waals surface area contributed by atoms with Gasteiger partial charge in [0.25, 0.3) is 5.56 Å². The van der Waals surface area contributed by atoms with Crippen LogP contribution >= 0.6 is 0 Å². The number of benzene rings is 2. The van der Waals surface area contributed by atoms with Gasteiger partial charge in [0.1, 0.15) is 28.6 Å². The summed E-state index contributed by atoms with van der Waals surface area (Å²) in [4.78, 5) is 32.3. The highest BCUT2D eigenvalue weighted by Crippen LogP contribution is 2.57. The van der Waals surface area contributed by atoms with Crippen molar-refractivity contribution in [2.75, 3.05) is 0 Å². The van der Waals surface area contributed by atoms with Gasteiger partial charge in [0.05, 0.1) is 22.2 Å². The Morgan fingerprint density at radius 2 is 1.82 bits per heavy atom. The smallest absolute Gasteiger partial charge is 0.266 e. The third-order valence-electron chi connectivity index (χ3n) is 6.84. The molecule has 33 heavy (non-hydrogen) atoms. The van der Waals surface area contributed by atoms with Gasteiger partial charge in [-0.1, -0.05) is 44.2 Å². The summed E-state index contributed by atoms with van der Waals surface area (Å²) in [5, 5.41) is 10.7. The lowest BCUT2D eigenvalue weighted by Gasteiger charge is -2.42. The van der Waals surface area contributed by atoms with Gasteiger partial charge < -0.3 is 10.5 Å². The Hall–Kier alpha value is -4.18. The van der Waals surface area contributed by atoms with Crippen molar-refractivity contribution in [2.24, 2.45) is 11.1 Å². The third kappa shape index (κ3) is 2.30. The highest BCUT2D eigenvalue weighted by atomic mass is 16.5. The molecule has 7 heteroatoms. The molecule has 7 nitrogen and oxygen atoms in total. The van der Waals surface area contributed by atoms with E-state index in [0.717, 1.165) is 0 Å². The zero-order valence-corrected chi connectivity index (χ0v) is 18.2. The van der Waals surface area contributed by atoms with Crippen LogP contribution in [0.15, 0.2) is 76.1 Å². The van der Waals surface area contributed by atoms with Crippen molar-refractivity contribution >= 4 is 16.7 Å². The molecule has 2 aliphatic heterocycles. The molecule has 6 rings (SSSR count). The van der Waals surface area contributed by atoms with Gasteiger partial charge in [0, 0.05) is 18.4 Å². The molecule has 1 aliphatic carbocycles. The molecule has 0 bridgehead atoms. The third-order valence-corrected chi connectivity index (χ3v) is 6.84. The molecule has 162 valence electrons. The number of hydrogen-bond donors (Lipinski definition) is 1. The van der Waals surface area contributed by atoms with E-state index >= 15 is 0 Å². The number of carbonyl (C=O) groups is 1. The standard InChI is InChI=1S/C26H20N4O3/c1-25(2)11-19(31)21-20(12-25)33-22(28)16(13-27)26(21)15-8-4-6-10-18(15)30-23(32)14-7-3-5-9-17(14)29-24(26)30/h3-10H,11-12,28H2,1-2H3. The van der Waals surface area contributed by atoms with Crippen LogP contribution in [0.1, 0.15) is 38.1 Å². The first-order chi connectivity index (χ1) is 15.8. The number of Topliss-reactive ketones (excluding diaryl/α,β-unsaturated/α-hetero) is 1. The average Bonchev–Trinajstić information content (AvgIpc) is 3.04. The number of nitriles is 1. The molecule has 3 aromatic rings. The number of para-hydroxylation sites is 2. The highest BCUT2D eigenvalue weighted by molar-refractivity contribution is 6.03. The van der Waals surface area contributed by atoms with Crippen LogP contribution < -0.4 is 11.3 Å². The van der Waals surface area contributed by atoms with Crippen LogP contribution in [0.2, 0.25) is 0 Å². The second-order valence-electron chi connectivity index (χ2n) is 9.55. The van der Waals surface area contributed by atoms with Gasteiger partial charge in [-0.15, -0.1) is 0 Å². The zero-order valence-electron chi connectivity index (χ0n) is 18.2. The number of ether oxygens (including phenoxy) is 1. The minimum atomic E-state index is -1.40. The predicted octanol–water partition coefficient (Wildman–Crippen LogP) is 3.35. The lowest BCUT2D eigenvalue weighted by atomic mass is 9.62. The second kappa shape index (κ2) is 6.20. The fraction of sp³-hybridized carbons (Fsp3) is 0.231. The van der Waals surface area contributed by atoms with E-state index in [2.05, 4.69) is 6.07 Å². The average molecular weight is 436 g/mol. The Balaban J connectivity index is 1.85. The fourth-order valence-electron chi connectivity index (χ4n) is 5.61. The number of nitrogens with zero attached hydrogens (tertiary/aromatic N) is 3. The van der Waals surface area contributed by atoms with Gasteiger partial charge in [-0.25, -0.2) is 4.98 Å². The molecule has 1 aromatic heterocycles. The Morgan fingerprint density at radius 3 is 2.61 bits per heavy atom. The maximum atomic E-state index is 13.7. The van der Waals surface area contributed by atoms with Crippen LogP contribution in [0.25, 0.3) is 16.6 Å². The van der Waals surface area contributed by atoms with Crippen molar-refractivity contribution in [1.82, 2.24) is 9.55 Å². The minimum absolute atomic E-state index is 0.0626. The van der Waals surface area contributed by atoms with Crippen LogP contribution in [0.3, 0.4) is 0 Å². The molecule has 2 aromatic carbocycles. The molecular formula is C26H20N4O3. The molecule has 0 saturated heterocycles. The van der Waals surface area contributed by atoms with Gasteiger partial charge >= 0.3 is 0 Å². The number of ketones is 1. The van der Waals surface area contributed by atoms with Gasteiger partial charge in [-0.05, 0) is 23.6 Å². The highest BCUT2D eigenvalue weighted by Gasteiger charge is 2.59. The fourth-order valence-corrected chi connectivity index (χ4v) is 5.61. The van der Waals surface area contributed by atoms with Gasteiger partial charge in [-0.3, -0.25) is 14.2 Å². The Morgan fingerprint density at radius 1 is 1.09 bits per heavy atom. The van der Waals surface area contributed by atoms with Crippen molar-refractivity contribution < 1.29 is 9.53 Å². The molecule has 1 atom stereocenters. The van der Waals surface area contributed by atoms with E-state index in [1.807, 2.05) is 38.1 Å². The zero-order chi connectivity index (χ0) is 23.1. The first-order valence-corrected chi connectivity index (χ1v) is 10.8. The molecule has 3 aliphatic rings. The van der Waals surface area contributed by atoms with E-state index in [1.54, 1.807) is 24.3 Å². The molecule has 0 saturated carbocycles. The maximum Gasteiger partial charge on any atom is 0.266 e. The molecule has 0 amide bonds. The molecule has 1 spiro atoms. The number of fused-ring (bicyclic) bond motifs is 7. The second-order valence-corrected chi connectivity index (χ2v) is 9.55. The number of nitrogens with two attached hydrogens (primary N) is 1. The summed E-state index contributed by atoms with van der Waals surface area (Å²) >= 11 is 0. The van der Waals surface area contributed by atoms with Crippen LogP contribution in [0.5, 0.6) is 0 Å². The number of rotatable bonds is 0. The van der Waals surface area contributed by atoms with Crippen molar-refractivity contribution in [3.8, 4) is 11.8 Å². The van der Waals surface area contributed by atoms with Gasteiger partial charge in [0.2, 0.25) is 5.88 Å². The molecule has 0 radical (unpaired) electrons. The van der Waals surface area contributed by atoms with Crippen molar-refractivity contribution in [3.05, 3.63) is 93.1 Å². The van der Waals surface area contributed by atoms with E-state index in [1.165, 1.54) is 4.57 Å². The monoisotopic (exact) mass is 436 g/mol. The van der Waals surface area contributed by atoms with Crippen LogP contribution in [0.4, 0.5) is 0 Å². The van der Waals surface area contributed by atoms with Crippen LogP contribution in [0, 0.1) is 16.7 Å². The predicted molar refractivity (Wildman–Crippen MR) is 121 cm³/mol. The first-order valence-electron chi connectivity index (χ1n) is 10.8. The lowest BCUT2D eigenvalue weighted by molar-refractivity contribution is -0.119. The summed E-state index contributed by atoms with van der Waals surface area (Å²) in [6.07, 6.45) is 0.769. The first kappa shape index (κ1) is 19.5. The van der Waals surface area contributed by atoms with Crippen molar-refractivity contribution in [2.45, 2.75) is 32.1 Å². The quantitative estimate of drug-likeness (QED) is 0.579. The molecule has 2 N–H and O–H groups in total. The van der Waals surface area contributed by atoms with Gasteiger partial charge in [0.15, 0.2) is 5.78 Å². The lowest BCUT2D eigenvalue weighted by Crippen LogP contribution is -2.45. The topological polar surface area (TPSA) is 111 Å². The number of carbonyl (C=O) groups excluding carboxylic acids is 1. The van der Waals surface area contributed by atoms with Crippen LogP contribution in [-0.2, 0) is 14.9 Å². The number of allylic oxidation sites excluding steroid dienone is 3. The van der Waals surface area contributed by atoms with E-state index in [9.17, 15) is 14.9 Å².